The average molecular weight is 474 g/mol. The van der Waals surface area contributed by atoms with Crippen LogP contribution in [0.3, 0.4) is 0 Å². The second-order valence-electron chi connectivity index (χ2n) is 9.19. The van der Waals surface area contributed by atoms with E-state index in [-0.39, 0.29) is 67.1 Å². The van der Waals surface area contributed by atoms with Gasteiger partial charge < -0.3 is 4.42 Å². The Kier molecular flexibility index (Phi) is 2.87. The molecule has 2 heterocycles. The summed E-state index contributed by atoms with van der Waals surface area (Å²) in [5, 5.41) is 0.682. The van der Waals surface area contributed by atoms with Gasteiger partial charge >= 0.3 is 0 Å². The smallest absolute Gasteiger partial charge is 0.144 e. The molecule has 0 spiro atoms. The van der Waals surface area contributed by atoms with Crippen molar-refractivity contribution >= 4 is 21.9 Å². The Hall–Kier alpha value is -3.39. The maximum absolute atomic E-state index is 8.86. The molecule has 0 bridgehead atoms. The molecule has 2 heteroatoms. The van der Waals surface area contributed by atoms with Gasteiger partial charge in [0.25, 0.3) is 0 Å². The van der Waals surface area contributed by atoms with Crippen LogP contribution in [-0.2, 0) is 6.37 Å². The molecule has 0 unspecified atom stereocenters. The zero-order chi connectivity index (χ0) is 35.9. The molecule has 2 nitrogen and oxygen atoms in total. The molecule has 35 heavy (non-hydrogen) atoms. The molecule has 5 aromatic rings. The van der Waals surface area contributed by atoms with Crippen molar-refractivity contribution in [2.45, 2.75) is 59.5 Å². The zero-order valence-corrected chi connectivity index (χ0v) is 19.0. The number of hydrogen-bond acceptors (Lipinski definition) is 2. The van der Waals surface area contributed by atoms with Crippen LogP contribution in [0.25, 0.3) is 44.3 Å². The van der Waals surface area contributed by atoms with Crippen LogP contribution >= 0.6 is 0 Å². The highest BCUT2D eigenvalue weighted by Gasteiger charge is 2.18. The van der Waals surface area contributed by atoms with Crippen molar-refractivity contribution in [3.8, 4) is 22.4 Å². The number of hydrogen-bond donors (Lipinski definition) is 0. The molecule has 1 aliphatic carbocycles. The number of aryl methyl sites for hydroxylation is 4. The lowest BCUT2D eigenvalue weighted by atomic mass is 9.91. The summed E-state index contributed by atoms with van der Waals surface area (Å²) < 4.78 is 122. The number of furan rings is 1. The summed E-state index contributed by atoms with van der Waals surface area (Å²) in [7, 11) is 0. The molecule has 1 saturated carbocycles. The molecule has 6 rings (SSSR count). The third-order valence-corrected chi connectivity index (χ3v) is 6.81. The number of para-hydroxylation sites is 1. The first-order valence-corrected chi connectivity index (χ1v) is 11.7. The summed E-state index contributed by atoms with van der Waals surface area (Å²) in [4.78, 5) is 4.43. The standard InChI is InChI=1S/C33H33NO/c1-20-14-22(3)32-30(15-20)27-10-7-11-28(33(27)35-32)31-18-29(23(4)19-34-31)26-13-12-25(16-21(26)2)17-24-8-5-6-9-24/h7,10-16,18-19,24H,5-6,8-9,17H2,1-4H3/i1D3,2D3,3D3,4D3,17D2. The molecule has 176 valence electrons. The van der Waals surface area contributed by atoms with E-state index in [1.165, 1.54) is 30.3 Å². The molecule has 0 N–H and O–H groups in total. The predicted molar refractivity (Wildman–Crippen MR) is 147 cm³/mol. The minimum Gasteiger partial charge on any atom is -0.455 e. The Morgan fingerprint density at radius 1 is 0.829 bits per heavy atom. The molecule has 0 amide bonds. The molecule has 1 fully saturated rings. The van der Waals surface area contributed by atoms with E-state index >= 15 is 0 Å². The first-order chi connectivity index (χ1) is 22.6. The van der Waals surface area contributed by atoms with Crippen LogP contribution in [0.5, 0.6) is 0 Å². The first-order valence-electron chi connectivity index (χ1n) is 18.7. The Labute approximate surface area is 227 Å². The van der Waals surface area contributed by atoms with E-state index in [0.717, 1.165) is 25.1 Å². The summed E-state index contributed by atoms with van der Waals surface area (Å²) >= 11 is 0. The van der Waals surface area contributed by atoms with Crippen molar-refractivity contribution in [2.24, 2.45) is 5.92 Å². The normalized spacial score (nSPS) is 22.2. The highest BCUT2D eigenvalue weighted by atomic mass is 16.3. The van der Waals surface area contributed by atoms with E-state index in [1.54, 1.807) is 18.2 Å². The van der Waals surface area contributed by atoms with E-state index < -0.39 is 33.8 Å². The van der Waals surface area contributed by atoms with Crippen LogP contribution in [0.15, 0.2) is 65.2 Å². The van der Waals surface area contributed by atoms with E-state index in [9.17, 15) is 0 Å². The summed E-state index contributed by atoms with van der Waals surface area (Å²) in [6.07, 6.45) is 2.53. The van der Waals surface area contributed by atoms with Crippen LogP contribution in [0, 0.1) is 33.3 Å². The molecule has 1 aliphatic rings. The van der Waals surface area contributed by atoms with Gasteiger partial charge in [-0.2, -0.15) is 0 Å². The van der Waals surface area contributed by atoms with Gasteiger partial charge in [-0.25, -0.2) is 0 Å². The minimum absolute atomic E-state index is 0.0217. The highest BCUT2D eigenvalue weighted by molar-refractivity contribution is 6.10. The van der Waals surface area contributed by atoms with Gasteiger partial charge in [-0.1, -0.05) is 62.1 Å². The molecule has 2 aromatic heterocycles. The Morgan fingerprint density at radius 2 is 1.71 bits per heavy atom. The van der Waals surface area contributed by atoms with Gasteiger partial charge in [-0.05, 0) is 96.8 Å². The topological polar surface area (TPSA) is 26.0 Å². The van der Waals surface area contributed by atoms with Crippen LogP contribution in [0.1, 0.15) is 72.7 Å². The van der Waals surface area contributed by atoms with Gasteiger partial charge in [-0.15, -0.1) is 0 Å². The Morgan fingerprint density at radius 3 is 2.54 bits per heavy atom. The fourth-order valence-electron chi connectivity index (χ4n) is 5.10. The van der Waals surface area contributed by atoms with Gasteiger partial charge in [-0.3, -0.25) is 4.98 Å². The summed E-state index contributed by atoms with van der Waals surface area (Å²) in [6, 6.07) is 13.1. The van der Waals surface area contributed by atoms with Crippen LogP contribution in [-0.4, -0.2) is 4.98 Å². The van der Waals surface area contributed by atoms with Crippen LogP contribution < -0.4 is 0 Å². The van der Waals surface area contributed by atoms with Crippen LogP contribution in [0.4, 0.5) is 0 Å². The fraction of sp³-hybridized carbons (Fsp3) is 0.303. The number of benzene rings is 3. The lowest BCUT2D eigenvalue weighted by molar-refractivity contribution is 0.546. The number of nitrogens with zero attached hydrogens (tertiary/aromatic N) is 1. The first kappa shape index (κ1) is 11.6. The molecule has 3 aromatic carbocycles. The number of fused-ring (bicyclic) bond motifs is 3. The summed E-state index contributed by atoms with van der Waals surface area (Å²) in [5.74, 6) is -0.265. The largest absolute Gasteiger partial charge is 0.455 e. The lowest BCUT2D eigenvalue weighted by Crippen LogP contribution is -1.99. The van der Waals surface area contributed by atoms with Crippen molar-refractivity contribution in [3.63, 3.8) is 0 Å². The van der Waals surface area contributed by atoms with E-state index in [4.69, 9.17) is 23.6 Å². The van der Waals surface area contributed by atoms with Crippen molar-refractivity contribution in [1.82, 2.24) is 4.98 Å². The molecular formula is C33H33NO. The summed E-state index contributed by atoms with van der Waals surface area (Å²) in [6.45, 7) is -10.7. The van der Waals surface area contributed by atoms with Crippen LogP contribution in [0.2, 0.25) is 0 Å². The van der Waals surface area contributed by atoms with Gasteiger partial charge in [0.1, 0.15) is 11.2 Å². The van der Waals surface area contributed by atoms with Gasteiger partial charge in [0, 0.05) is 41.7 Å². The number of rotatable bonds is 4. The predicted octanol–water partition coefficient (Wildman–Crippen LogP) is 9.28. The second-order valence-corrected chi connectivity index (χ2v) is 9.19. The van der Waals surface area contributed by atoms with E-state index in [0.29, 0.717) is 23.8 Å². The molecule has 0 aliphatic heterocycles. The van der Waals surface area contributed by atoms with E-state index in [1.807, 2.05) is 0 Å². The van der Waals surface area contributed by atoms with Crippen molar-refractivity contribution in [1.29, 1.82) is 0 Å². The maximum Gasteiger partial charge on any atom is 0.144 e. The molecular weight excluding hydrogens is 426 g/mol. The molecule has 0 atom stereocenters. The SMILES string of the molecule is [2H]C([2H])([2H])c1cc(C([2H])([2H])[2H])c2oc3c(-c4cc(-c5ccc(C([2H])([2H])C6CCCC6)cc5C([2H])([2H])[2H])c(C([2H])([2H])[2H])cn4)cccc3c2c1. The number of pyridine rings is 1. The Balaban J connectivity index is 1.60. The zero-order valence-electron chi connectivity index (χ0n) is 33.0. The quantitative estimate of drug-likeness (QED) is 0.260. The monoisotopic (exact) mass is 473 g/mol. The molecule has 0 radical (unpaired) electrons. The highest BCUT2D eigenvalue weighted by Crippen LogP contribution is 2.39. The van der Waals surface area contributed by atoms with Gasteiger partial charge in [0.2, 0.25) is 0 Å². The number of aromatic nitrogens is 1. The van der Waals surface area contributed by atoms with Crippen molar-refractivity contribution in [3.05, 3.63) is 88.6 Å². The Bertz CT molecular complexity index is 2060. The third-order valence-electron chi connectivity index (χ3n) is 6.81. The minimum atomic E-state index is -2.72. The fourth-order valence-corrected chi connectivity index (χ4v) is 5.10. The third kappa shape index (κ3) is 3.95. The van der Waals surface area contributed by atoms with Crippen molar-refractivity contribution in [2.75, 3.05) is 0 Å². The van der Waals surface area contributed by atoms with Gasteiger partial charge in [0.05, 0.1) is 5.69 Å². The maximum atomic E-state index is 8.86. The van der Waals surface area contributed by atoms with E-state index in [2.05, 4.69) is 4.98 Å². The second kappa shape index (κ2) is 8.68. The summed E-state index contributed by atoms with van der Waals surface area (Å²) in [5.41, 5.74) is 0.206. The molecule has 0 saturated heterocycles. The van der Waals surface area contributed by atoms with Crippen molar-refractivity contribution < 1.29 is 23.6 Å². The average Bonchev–Trinajstić information content (AvgIpc) is 3.67. The van der Waals surface area contributed by atoms with Gasteiger partial charge in [0.15, 0.2) is 0 Å². The lowest BCUT2D eigenvalue weighted by Gasteiger charge is -2.14.